The normalized spacial score (nSPS) is 19.4. The van der Waals surface area contributed by atoms with Gasteiger partial charge in [-0.3, -0.25) is 0 Å². The second-order valence-electron chi connectivity index (χ2n) is 6.41. The van der Waals surface area contributed by atoms with Crippen LogP contribution in [0.2, 0.25) is 0 Å². The Morgan fingerprint density at radius 1 is 1.24 bits per heavy atom. The molecule has 130 valence electrons. The number of hydrogen-bond acceptors (Lipinski definition) is 6. The average Bonchev–Trinajstić information content (AvgIpc) is 3.33. The van der Waals surface area contributed by atoms with E-state index in [1.807, 2.05) is 24.0 Å². The number of nitrogens with zero attached hydrogens (tertiary/aromatic N) is 6. The van der Waals surface area contributed by atoms with Gasteiger partial charge in [0.15, 0.2) is 10.8 Å². The summed E-state index contributed by atoms with van der Waals surface area (Å²) < 4.78 is 2.13. The lowest BCUT2D eigenvalue weighted by Gasteiger charge is -2.30. The molecule has 0 amide bonds. The number of rotatable bonds is 5. The molecule has 2 aromatic heterocycles. The number of fused-ring (bicyclic) bond motifs is 1. The molecular weight excluding hydrogens is 332 g/mol. The molecule has 0 aliphatic carbocycles. The van der Waals surface area contributed by atoms with E-state index in [0.29, 0.717) is 12.6 Å². The summed E-state index contributed by atoms with van der Waals surface area (Å²) in [5.74, 6) is 1.97. The first-order valence-electron chi connectivity index (χ1n) is 8.60. The largest absolute Gasteiger partial charge is 0.350 e. The summed E-state index contributed by atoms with van der Waals surface area (Å²) >= 11 is 1.61. The summed E-state index contributed by atoms with van der Waals surface area (Å²) in [6, 6.07) is 0.672. The Labute approximate surface area is 151 Å². The quantitative estimate of drug-likeness (QED) is 0.827. The molecule has 2 aliphatic heterocycles. The van der Waals surface area contributed by atoms with E-state index in [4.69, 9.17) is 4.99 Å². The van der Waals surface area contributed by atoms with Gasteiger partial charge in [0.25, 0.3) is 0 Å². The van der Waals surface area contributed by atoms with Crippen LogP contribution in [-0.2, 0) is 6.54 Å². The molecule has 0 radical (unpaired) electrons. The van der Waals surface area contributed by atoms with Crippen LogP contribution in [0.5, 0.6) is 0 Å². The zero-order valence-corrected chi connectivity index (χ0v) is 15.5. The van der Waals surface area contributed by atoms with E-state index in [2.05, 4.69) is 63.6 Å². The fourth-order valence-electron chi connectivity index (χ4n) is 3.23. The second-order valence-corrected chi connectivity index (χ2v) is 7.31. The van der Waals surface area contributed by atoms with Crippen LogP contribution in [0, 0.1) is 0 Å². The zero-order valence-electron chi connectivity index (χ0n) is 14.7. The molecule has 0 aromatic carbocycles. The van der Waals surface area contributed by atoms with Crippen molar-refractivity contribution in [3.05, 3.63) is 48.1 Å². The van der Waals surface area contributed by atoms with Crippen LogP contribution >= 0.6 is 11.3 Å². The molecule has 4 rings (SSSR count). The van der Waals surface area contributed by atoms with Gasteiger partial charge in [0.05, 0.1) is 18.3 Å². The van der Waals surface area contributed by atoms with E-state index in [-0.39, 0.29) is 6.04 Å². The van der Waals surface area contributed by atoms with E-state index < -0.39 is 0 Å². The van der Waals surface area contributed by atoms with Crippen molar-refractivity contribution in [3.63, 3.8) is 0 Å². The molecule has 25 heavy (non-hydrogen) atoms. The first kappa shape index (κ1) is 16.1. The highest BCUT2D eigenvalue weighted by molar-refractivity contribution is 7.13. The van der Waals surface area contributed by atoms with Crippen molar-refractivity contribution in [3.8, 4) is 10.8 Å². The van der Waals surface area contributed by atoms with Crippen LogP contribution < -0.4 is 0 Å². The third-order valence-electron chi connectivity index (χ3n) is 4.54. The molecule has 2 aromatic rings. The molecular formula is C18H22N6S. The van der Waals surface area contributed by atoms with Gasteiger partial charge in [0.2, 0.25) is 0 Å². The molecule has 0 N–H and O–H groups in total. The zero-order chi connectivity index (χ0) is 17.4. The number of thiazole rings is 1. The second kappa shape index (κ2) is 6.48. The van der Waals surface area contributed by atoms with Crippen LogP contribution in [0.4, 0.5) is 0 Å². The maximum Gasteiger partial charge on any atom is 0.169 e. The summed E-state index contributed by atoms with van der Waals surface area (Å²) in [4.78, 5) is 18.4. The predicted octanol–water partition coefficient (Wildman–Crippen LogP) is 3.19. The van der Waals surface area contributed by atoms with E-state index >= 15 is 0 Å². The van der Waals surface area contributed by atoms with Gasteiger partial charge in [-0.25, -0.2) is 15.0 Å². The van der Waals surface area contributed by atoms with Crippen LogP contribution in [0.25, 0.3) is 10.8 Å². The Balaban J connectivity index is 1.63. The SMILES string of the molecule is CCN1C(Cn2ccnc2-c2nccs2)=NC2=CN(C(C)C)C=CC21. The lowest BCUT2D eigenvalue weighted by atomic mass is 10.1. The number of aromatic nitrogens is 3. The van der Waals surface area contributed by atoms with Crippen LogP contribution in [0.15, 0.2) is 53.1 Å². The number of likely N-dealkylation sites (N-methyl/N-ethyl adjacent to an activating group) is 1. The fraction of sp³-hybridized carbons (Fsp3) is 0.389. The maximum atomic E-state index is 4.94. The highest BCUT2D eigenvalue weighted by Gasteiger charge is 2.32. The minimum atomic E-state index is 0.238. The molecule has 0 saturated carbocycles. The van der Waals surface area contributed by atoms with Gasteiger partial charge in [-0.15, -0.1) is 11.3 Å². The molecule has 0 spiro atoms. The maximum absolute atomic E-state index is 4.94. The Morgan fingerprint density at radius 3 is 2.84 bits per heavy atom. The predicted molar refractivity (Wildman–Crippen MR) is 101 cm³/mol. The molecule has 4 heterocycles. The van der Waals surface area contributed by atoms with E-state index in [0.717, 1.165) is 28.9 Å². The van der Waals surface area contributed by atoms with Crippen molar-refractivity contribution in [2.24, 2.45) is 4.99 Å². The molecule has 2 aliphatic rings. The van der Waals surface area contributed by atoms with Crippen molar-refractivity contribution >= 4 is 17.2 Å². The van der Waals surface area contributed by atoms with Crippen molar-refractivity contribution in [2.45, 2.75) is 39.4 Å². The molecule has 0 bridgehead atoms. The standard InChI is InChI=1S/C18H22N6S/c1-4-24-15-5-8-22(13(2)3)11-14(15)21-16(24)12-23-9-6-19-17(23)18-20-7-10-25-18/h5-11,13,15H,4,12H2,1-3H3. The molecule has 1 unspecified atom stereocenters. The lowest BCUT2D eigenvalue weighted by molar-refractivity contribution is 0.369. The smallest absolute Gasteiger partial charge is 0.169 e. The van der Waals surface area contributed by atoms with Gasteiger partial charge in [-0.05, 0) is 26.8 Å². The summed E-state index contributed by atoms with van der Waals surface area (Å²) in [6.07, 6.45) is 12.2. The lowest BCUT2D eigenvalue weighted by Crippen LogP contribution is -2.38. The summed E-state index contributed by atoms with van der Waals surface area (Å²) in [5.41, 5.74) is 1.11. The van der Waals surface area contributed by atoms with Gasteiger partial charge in [0, 0.05) is 49.0 Å². The van der Waals surface area contributed by atoms with Crippen LogP contribution in [0.1, 0.15) is 20.8 Å². The molecule has 7 heteroatoms. The molecule has 0 fully saturated rings. The first-order valence-corrected chi connectivity index (χ1v) is 9.48. The Hall–Kier alpha value is -2.41. The van der Waals surface area contributed by atoms with Gasteiger partial charge >= 0.3 is 0 Å². The highest BCUT2D eigenvalue weighted by atomic mass is 32.1. The minimum absolute atomic E-state index is 0.238. The van der Waals surface area contributed by atoms with E-state index in [1.54, 1.807) is 11.3 Å². The Morgan fingerprint density at radius 2 is 2.12 bits per heavy atom. The number of hydrogen-bond donors (Lipinski definition) is 0. The number of imidazole rings is 1. The highest BCUT2D eigenvalue weighted by Crippen LogP contribution is 2.28. The Kier molecular flexibility index (Phi) is 4.17. The summed E-state index contributed by atoms with van der Waals surface area (Å²) in [5, 5.41) is 2.92. The third-order valence-corrected chi connectivity index (χ3v) is 5.31. The molecule has 1 atom stereocenters. The van der Waals surface area contributed by atoms with Crippen molar-refractivity contribution in [1.29, 1.82) is 0 Å². The molecule has 6 nitrogen and oxygen atoms in total. The Bertz CT molecular complexity index is 830. The number of aliphatic imine (C=N–C) groups is 1. The van der Waals surface area contributed by atoms with Gasteiger partial charge in [0.1, 0.15) is 5.84 Å². The first-order chi connectivity index (χ1) is 12.2. The van der Waals surface area contributed by atoms with Crippen LogP contribution in [0.3, 0.4) is 0 Å². The van der Waals surface area contributed by atoms with Crippen LogP contribution in [-0.4, -0.2) is 48.8 Å². The summed E-state index contributed by atoms with van der Waals surface area (Å²) in [7, 11) is 0. The average molecular weight is 354 g/mol. The summed E-state index contributed by atoms with van der Waals surface area (Å²) in [6.45, 7) is 8.17. The third kappa shape index (κ3) is 2.89. The van der Waals surface area contributed by atoms with Gasteiger partial charge < -0.3 is 14.4 Å². The minimum Gasteiger partial charge on any atom is -0.350 e. The topological polar surface area (TPSA) is 49.6 Å². The van der Waals surface area contributed by atoms with E-state index in [1.165, 1.54) is 0 Å². The molecule has 0 saturated heterocycles. The van der Waals surface area contributed by atoms with Gasteiger partial charge in [-0.1, -0.05) is 0 Å². The van der Waals surface area contributed by atoms with E-state index in [9.17, 15) is 0 Å². The van der Waals surface area contributed by atoms with Crippen molar-refractivity contribution in [2.75, 3.05) is 6.54 Å². The monoisotopic (exact) mass is 354 g/mol. The van der Waals surface area contributed by atoms with Gasteiger partial charge in [-0.2, -0.15) is 0 Å². The number of amidine groups is 1. The fourth-order valence-corrected chi connectivity index (χ4v) is 3.88. The van der Waals surface area contributed by atoms with Crippen molar-refractivity contribution in [1.82, 2.24) is 24.3 Å². The van der Waals surface area contributed by atoms with Crippen molar-refractivity contribution < 1.29 is 0 Å².